The first-order valence-electron chi connectivity index (χ1n) is 6.98. The molecule has 1 N–H and O–H groups in total. The fraction of sp³-hybridized carbons (Fsp3) is 0.533. The third-order valence-corrected chi connectivity index (χ3v) is 3.34. The van der Waals surface area contributed by atoms with E-state index in [4.69, 9.17) is 0 Å². The Labute approximate surface area is 113 Å². The van der Waals surface area contributed by atoms with Crippen LogP contribution in [-0.4, -0.2) is 41.7 Å². The summed E-state index contributed by atoms with van der Waals surface area (Å²) in [6.45, 7) is 1.82. The van der Waals surface area contributed by atoms with Gasteiger partial charge in [0.05, 0.1) is 17.7 Å². The number of nitrogens with one attached hydrogen (secondary N) is 1. The summed E-state index contributed by atoms with van der Waals surface area (Å²) in [6.07, 6.45) is 3.66. The second-order valence-electron chi connectivity index (χ2n) is 5.00. The molecule has 1 aromatic carbocycles. The van der Waals surface area contributed by atoms with Crippen molar-refractivity contribution >= 4 is 11.0 Å². The maximum absolute atomic E-state index is 12.0. The Morgan fingerprint density at radius 1 is 1.16 bits per heavy atom. The number of halogens is 1. The molecule has 3 nitrogen and oxygen atoms in total. The van der Waals surface area contributed by atoms with Gasteiger partial charge < -0.3 is 9.88 Å². The second-order valence-corrected chi connectivity index (χ2v) is 5.00. The molecule has 2 rings (SSSR count). The lowest BCUT2D eigenvalue weighted by molar-refractivity contribution is 0.322. The molecule has 0 atom stereocenters. The minimum absolute atomic E-state index is 0.192. The lowest BCUT2D eigenvalue weighted by atomic mass is 10.2. The number of hydrogen-bond acceptors (Lipinski definition) is 2. The second kappa shape index (κ2) is 7.24. The number of H-pyrrole nitrogens is 1. The fourth-order valence-corrected chi connectivity index (χ4v) is 2.19. The molecular formula is C15H22FN3. The number of alkyl halides is 1. The van der Waals surface area contributed by atoms with Crippen molar-refractivity contribution in [2.75, 3.05) is 26.8 Å². The largest absolute Gasteiger partial charge is 0.342 e. The molecule has 0 radical (unpaired) electrons. The van der Waals surface area contributed by atoms with Gasteiger partial charge in [0, 0.05) is 13.0 Å². The number of fused-ring (bicyclic) bond motifs is 1. The monoisotopic (exact) mass is 263 g/mol. The van der Waals surface area contributed by atoms with Crippen LogP contribution in [0.3, 0.4) is 0 Å². The van der Waals surface area contributed by atoms with Crippen molar-refractivity contribution in [1.29, 1.82) is 0 Å². The first-order chi connectivity index (χ1) is 9.29. The molecule has 0 spiro atoms. The summed E-state index contributed by atoms with van der Waals surface area (Å²) in [5.74, 6) is 1.04. The number of nitrogens with zero attached hydrogens (tertiary/aromatic N) is 2. The maximum Gasteiger partial charge on any atom is 0.108 e. The summed E-state index contributed by atoms with van der Waals surface area (Å²) in [4.78, 5) is 10.2. The van der Waals surface area contributed by atoms with E-state index in [1.165, 1.54) is 0 Å². The topological polar surface area (TPSA) is 31.9 Å². The van der Waals surface area contributed by atoms with Gasteiger partial charge in [-0.3, -0.25) is 4.39 Å². The SMILES string of the molecule is CN(CCCCCF)CCc1nc2ccccc2[nH]1. The van der Waals surface area contributed by atoms with Crippen molar-refractivity contribution in [3.05, 3.63) is 30.1 Å². The Morgan fingerprint density at radius 3 is 2.79 bits per heavy atom. The van der Waals surface area contributed by atoms with Gasteiger partial charge in [0.25, 0.3) is 0 Å². The van der Waals surface area contributed by atoms with Crippen molar-refractivity contribution in [3.8, 4) is 0 Å². The predicted octanol–water partition coefficient (Wildman–Crippen LogP) is 3.18. The highest BCUT2D eigenvalue weighted by molar-refractivity contribution is 5.74. The molecule has 0 aliphatic heterocycles. The zero-order valence-corrected chi connectivity index (χ0v) is 11.5. The maximum atomic E-state index is 12.0. The molecule has 2 aromatic rings. The number of rotatable bonds is 8. The molecule has 0 saturated heterocycles. The normalized spacial score (nSPS) is 11.5. The molecule has 104 valence electrons. The van der Waals surface area contributed by atoms with Crippen LogP contribution in [0.25, 0.3) is 11.0 Å². The number of para-hydroxylation sites is 2. The van der Waals surface area contributed by atoms with Crippen LogP contribution in [0, 0.1) is 0 Å². The minimum atomic E-state index is -0.192. The third-order valence-electron chi connectivity index (χ3n) is 3.34. The molecule has 1 aromatic heterocycles. The van der Waals surface area contributed by atoms with Crippen LogP contribution >= 0.6 is 0 Å². The third kappa shape index (κ3) is 4.31. The summed E-state index contributed by atoms with van der Waals surface area (Å²) >= 11 is 0. The molecule has 0 amide bonds. The zero-order chi connectivity index (χ0) is 13.5. The predicted molar refractivity (Wildman–Crippen MR) is 77.1 cm³/mol. The van der Waals surface area contributed by atoms with E-state index < -0.39 is 0 Å². The molecule has 0 saturated carbocycles. The number of likely N-dealkylation sites (N-methyl/N-ethyl adjacent to an activating group) is 1. The summed E-state index contributed by atoms with van der Waals surface area (Å²) in [6, 6.07) is 8.09. The summed E-state index contributed by atoms with van der Waals surface area (Å²) in [5, 5.41) is 0. The van der Waals surface area contributed by atoms with Crippen LogP contribution in [0.1, 0.15) is 25.1 Å². The highest BCUT2D eigenvalue weighted by Gasteiger charge is 2.04. The van der Waals surface area contributed by atoms with Crippen LogP contribution in [0.4, 0.5) is 4.39 Å². The minimum Gasteiger partial charge on any atom is -0.342 e. The average molecular weight is 263 g/mol. The van der Waals surface area contributed by atoms with Gasteiger partial charge in [0.2, 0.25) is 0 Å². The van der Waals surface area contributed by atoms with Crippen LogP contribution in [0.15, 0.2) is 24.3 Å². The zero-order valence-electron chi connectivity index (χ0n) is 11.5. The van der Waals surface area contributed by atoms with Crippen molar-refractivity contribution < 1.29 is 4.39 Å². The van der Waals surface area contributed by atoms with Crippen LogP contribution in [0.2, 0.25) is 0 Å². The summed E-state index contributed by atoms with van der Waals surface area (Å²) < 4.78 is 12.0. The molecule has 0 unspecified atom stereocenters. The van der Waals surface area contributed by atoms with E-state index >= 15 is 0 Å². The summed E-state index contributed by atoms with van der Waals surface area (Å²) in [5.41, 5.74) is 2.13. The first-order valence-corrected chi connectivity index (χ1v) is 6.98. The Balaban J connectivity index is 1.75. The molecule has 0 aliphatic rings. The number of aromatic amines is 1. The lowest BCUT2D eigenvalue weighted by Gasteiger charge is -2.15. The van der Waals surface area contributed by atoms with Gasteiger partial charge in [-0.15, -0.1) is 0 Å². The highest BCUT2D eigenvalue weighted by atomic mass is 19.1. The number of unbranched alkanes of at least 4 members (excludes halogenated alkanes) is 2. The molecule has 0 bridgehead atoms. The van der Waals surface area contributed by atoms with Gasteiger partial charge >= 0.3 is 0 Å². The Hall–Kier alpha value is -1.42. The lowest BCUT2D eigenvalue weighted by Crippen LogP contribution is -2.22. The number of aromatic nitrogens is 2. The van der Waals surface area contributed by atoms with Gasteiger partial charge in [-0.1, -0.05) is 12.1 Å². The first kappa shape index (κ1) is 14.0. The van der Waals surface area contributed by atoms with E-state index in [9.17, 15) is 4.39 Å². The van der Waals surface area contributed by atoms with Gasteiger partial charge in [0.15, 0.2) is 0 Å². The fourth-order valence-electron chi connectivity index (χ4n) is 2.19. The van der Waals surface area contributed by atoms with E-state index in [2.05, 4.69) is 21.9 Å². The van der Waals surface area contributed by atoms with Crippen LogP contribution in [-0.2, 0) is 6.42 Å². The quantitative estimate of drug-likeness (QED) is 0.742. The van der Waals surface area contributed by atoms with E-state index in [-0.39, 0.29) is 6.67 Å². The van der Waals surface area contributed by atoms with Gasteiger partial charge in [-0.25, -0.2) is 4.98 Å². The number of hydrogen-bond donors (Lipinski definition) is 1. The van der Waals surface area contributed by atoms with Crippen LogP contribution in [0.5, 0.6) is 0 Å². The van der Waals surface area contributed by atoms with E-state index in [1.54, 1.807) is 0 Å². The van der Waals surface area contributed by atoms with Gasteiger partial charge in [0.1, 0.15) is 5.82 Å². The van der Waals surface area contributed by atoms with Gasteiger partial charge in [-0.2, -0.15) is 0 Å². The standard InChI is InChI=1S/C15H22FN3/c1-19(11-6-2-5-10-16)12-9-15-17-13-7-3-4-8-14(13)18-15/h3-4,7-8H,2,5-6,9-12H2,1H3,(H,17,18). The molecule has 0 aliphatic carbocycles. The van der Waals surface area contributed by atoms with E-state index in [0.717, 1.165) is 49.2 Å². The Kier molecular flexibility index (Phi) is 5.33. The average Bonchev–Trinajstić information content (AvgIpc) is 2.84. The highest BCUT2D eigenvalue weighted by Crippen LogP contribution is 2.10. The van der Waals surface area contributed by atoms with Crippen LogP contribution < -0.4 is 0 Å². The van der Waals surface area contributed by atoms with Gasteiger partial charge in [-0.05, 0) is 45.0 Å². The molecule has 0 fully saturated rings. The molecular weight excluding hydrogens is 241 g/mol. The molecule has 4 heteroatoms. The van der Waals surface area contributed by atoms with Crippen molar-refractivity contribution in [3.63, 3.8) is 0 Å². The molecule has 19 heavy (non-hydrogen) atoms. The van der Waals surface area contributed by atoms with E-state index in [1.807, 2.05) is 24.3 Å². The number of benzene rings is 1. The van der Waals surface area contributed by atoms with E-state index in [0.29, 0.717) is 6.42 Å². The Morgan fingerprint density at radius 2 is 2.00 bits per heavy atom. The smallest absolute Gasteiger partial charge is 0.108 e. The van der Waals surface area contributed by atoms with Crippen molar-refractivity contribution in [1.82, 2.24) is 14.9 Å². The summed E-state index contributed by atoms with van der Waals surface area (Å²) in [7, 11) is 2.11. The van der Waals surface area contributed by atoms with Crippen molar-refractivity contribution in [2.24, 2.45) is 0 Å². The number of imidazole rings is 1. The molecule has 1 heterocycles. The Bertz CT molecular complexity index is 462. The van der Waals surface area contributed by atoms with Crippen molar-refractivity contribution in [2.45, 2.75) is 25.7 Å².